The Kier molecular flexibility index (Phi) is 9.60. The quantitative estimate of drug-likeness (QED) is 0.432. The van der Waals surface area contributed by atoms with Crippen molar-refractivity contribution < 1.29 is 9.84 Å². The van der Waals surface area contributed by atoms with Crippen LogP contribution in [0, 0.1) is 11.8 Å². The third kappa shape index (κ3) is 6.92. The number of rotatable bonds is 12. The van der Waals surface area contributed by atoms with Crippen molar-refractivity contribution in [2.24, 2.45) is 11.8 Å². The van der Waals surface area contributed by atoms with Gasteiger partial charge in [-0.2, -0.15) is 0 Å². The zero-order valence-electron chi connectivity index (χ0n) is 19.9. The molecule has 1 N–H and O–H groups in total. The fourth-order valence-electron chi connectivity index (χ4n) is 5.23. The molecule has 0 aliphatic carbocycles. The van der Waals surface area contributed by atoms with Crippen LogP contribution in [-0.4, -0.2) is 47.8 Å². The third-order valence-corrected chi connectivity index (χ3v) is 7.15. The van der Waals surface area contributed by atoms with Crippen LogP contribution in [0.5, 0.6) is 5.75 Å². The average molecular weight is 427 g/mol. The van der Waals surface area contributed by atoms with E-state index in [9.17, 15) is 5.11 Å². The average Bonchev–Trinajstić information content (AvgIpc) is 2.79. The number of unbranched alkanes of at least 4 members (excludes halogenated alkanes) is 4. The van der Waals surface area contributed by atoms with E-state index in [0.717, 1.165) is 30.7 Å². The van der Waals surface area contributed by atoms with Crippen molar-refractivity contribution in [3.05, 3.63) is 36.0 Å². The Morgan fingerprint density at radius 1 is 1.16 bits per heavy atom. The minimum Gasteiger partial charge on any atom is -0.497 e. The highest BCUT2D eigenvalue weighted by atomic mass is 16.5. The van der Waals surface area contributed by atoms with Crippen LogP contribution in [0.25, 0.3) is 10.9 Å². The first-order valence-corrected chi connectivity index (χ1v) is 12.4. The summed E-state index contributed by atoms with van der Waals surface area (Å²) in [5.74, 6) is 1.91. The lowest BCUT2D eigenvalue weighted by Crippen LogP contribution is -2.45. The second-order valence-electron chi connectivity index (χ2n) is 9.41. The molecule has 31 heavy (non-hydrogen) atoms. The summed E-state index contributed by atoms with van der Waals surface area (Å²) in [5.41, 5.74) is 2.38. The smallest absolute Gasteiger partial charge is 0.119 e. The van der Waals surface area contributed by atoms with Crippen LogP contribution in [0.15, 0.2) is 30.5 Å². The number of hydrogen-bond donors (Lipinski definition) is 1. The lowest BCUT2D eigenvalue weighted by atomic mass is 9.79. The van der Waals surface area contributed by atoms with Crippen molar-refractivity contribution in [2.75, 3.05) is 26.7 Å². The molecule has 0 amide bonds. The molecule has 1 aliphatic heterocycles. The second kappa shape index (κ2) is 12.4. The number of ether oxygens (including phenoxy) is 1. The van der Waals surface area contributed by atoms with Crippen molar-refractivity contribution in [1.29, 1.82) is 0 Å². The Labute approximate surface area is 189 Å². The van der Waals surface area contributed by atoms with Gasteiger partial charge in [-0.05, 0) is 87.9 Å². The van der Waals surface area contributed by atoms with Crippen LogP contribution in [-0.2, 0) is 6.42 Å². The van der Waals surface area contributed by atoms with Crippen LogP contribution in [0.2, 0.25) is 0 Å². The molecule has 0 radical (unpaired) electrons. The molecule has 3 rings (SSSR count). The van der Waals surface area contributed by atoms with Gasteiger partial charge in [-0.3, -0.25) is 4.98 Å². The molecule has 0 saturated carbocycles. The van der Waals surface area contributed by atoms with E-state index < -0.39 is 0 Å². The summed E-state index contributed by atoms with van der Waals surface area (Å²) in [4.78, 5) is 7.11. The van der Waals surface area contributed by atoms with Crippen LogP contribution in [0.1, 0.15) is 70.8 Å². The van der Waals surface area contributed by atoms with Crippen LogP contribution in [0.4, 0.5) is 0 Å². The lowest BCUT2D eigenvalue weighted by Gasteiger charge is -2.40. The number of benzene rings is 1. The van der Waals surface area contributed by atoms with Gasteiger partial charge >= 0.3 is 0 Å². The molecule has 0 unspecified atom stereocenters. The van der Waals surface area contributed by atoms with Crippen molar-refractivity contribution in [3.63, 3.8) is 0 Å². The highest BCUT2D eigenvalue weighted by Crippen LogP contribution is 2.32. The summed E-state index contributed by atoms with van der Waals surface area (Å²) < 4.78 is 5.41. The summed E-state index contributed by atoms with van der Waals surface area (Å²) in [5, 5.41) is 11.7. The minimum absolute atomic E-state index is 0.223. The first-order chi connectivity index (χ1) is 15.1. The molecular formula is C27H42N2O2. The van der Waals surface area contributed by atoms with Gasteiger partial charge in [0, 0.05) is 24.0 Å². The van der Waals surface area contributed by atoms with Gasteiger partial charge in [-0.25, -0.2) is 0 Å². The molecule has 0 spiro atoms. The Morgan fingerprint density at radius 2 is 2.00 bits per heavy atom. The number of hydrogen-bond acceptors (Lipinski definition) is 4. The van der Waals surface area contributed by atoms with E-state index in [-0.39, 0.29) is 6.10 Å². The van der Waals surface area contributed by atoms with E-state index in [4.69, 9.17) is 4.74 Å². The number of nitrogens with zero attached hydrogens (tertiary/aromatic N) is 2. The largest absolute Gasteiger partial charge is 0.497 e. The summed E-state index contributed by atoms with van der Waals surface area (Å²) in [6, 6.07) is 8.27. The highest BCUT2D eigenvalue weighted by Gasteiger charge is 2.31. The molecule has 4 nitrogen and oxygen atoms in total. The van der Waals surface area contributed by atoms with Gasteiger partial charge in [0.25, 0.3) is 0 Å². The van der Waals surface area contributed by atoms with Crippen molar-refractivity contribution >= 4 is 10.9 Å². The lowest BCUT2D eigenvalue weighted by molar-refractivity contribution is 0.0189. The van der Waals surface area contributed by atoms with E-state index in [1.54, 1.807) is 7.11 Å². The van der Waals surface area contributed by atoms with E-state index in [1.807, 2.05) is 25.3 Å². The van der Waals surface area contributed by atoms with E-state index in [0.29, 0.717) is 11.8 Å². The molecule has 3 atom stereocenters. The Balaban J connectivity index is 1.51. The number of aliphatic hydroxyl groups excluding tert-OH is 1. The molecule has 1 saturated heterocycles. The van der Waals surface area contributed by atoms with E-state index in [2.05, 4.69) is 28.9 Å². The van der Waals surface area contributed by atoms with Gasteiger partial charge in [0.15, 0.2) is 0 Å². The first kappa shape index (κ1) is 24.0. The SMILES string of the molecule is CCCCCCCN1CC[C@@H](CCCc2ccnc3ccc(OC)cc23)[C@@H]([C@@H](C)O)C1. The van der Waals surface area contributed by atoms with Crippen molar-refractivity contribution in [1.82, 2.24) is 9.88 Å². The maximum atomic E-state index is 10.5. The summed E-state index contributed by atoms with van der Waals surface area (Å²) >= 11 is 0. The van der Waals surface area contributed by atoms with Crippen molar-refractivity contribution in [2.45, 2.75) is 77.7 Å². The zero-order chi connectivity index (χ0) is 22.1. The molecular weight excluding hydrogens is 384 g/mol. The first-order valence-electron chi connectivity index (χ1n) is 12.4. The normalized spacial score (nSPS) is 20.8. The van der Waals surface area contributed by atoms with E-state index in [1.165, 1.54) is 69.0 Å². The van der Waals surface area contributed by atoms with Crippen LogP contribution < -0.4 is 4.74 Å². The Morgan fingerprint density at radius 3 is 2.77 bits per heavy atom. The van der Waals surface area contributed by atoms with Crippen molar-refractivity contribution in [3.8, 4) is 5.75 Å². The summed E-state index contributed by atoms with van der Waals surface area (Å²) in [6.45, 7) is 7.71. The van der Waals surface area contributed by atoms with E-state index >= 15 is 0 Å². The number of aliphatic hydroxyl groups is 1. The minimum atomic E-state index is -0.223. The zero-order valence-corrected chi connectivity index (χ0v) is 19.9. The highest BCUT2D eigenvalue weighted by molar-refractivity contribution is 5.83. The van der Waals surface area contributed by atoms with Crippen LogP contribution in [0.3, 0.4) is 0 Å². The number of methoxy groups -OCH3 is 1. The molecule has 2 aromatic rings. The topological polar surface area (TPSA) is 45.6 Å². The number of fused-ring (bicyclic) bond motifs is 1. The number of piperidine rings is 1. The monoisotopic (exact) mass is 426 g/mol. The molecule has 1 aliphatic rings. The molecule has 4 heteroatoms. The number of pyridine rings is 1. The predicted molar refractivity (Wildman–Crippen MR) is 130 cm³/mol. The predicted octanol–water partition coefficient (Wildman–Crippen LogP) is 5.86. The fourth-order valence-corrected chi connectivity index (χ4v) is 5.23. The molecule has 1 aromatic heterocycles. The fraction of sp³-hybridized carbons (Fsp3) is 0.667. The molecule has 1 aromatic carbocycles. The number of likely N-dealkylation sites (tertiary alicyclic amines) is 1. The molecule has 172 valence electrons. The maximum absolute atomic E-state index is 10.5. The molecule has 0 bridgehead atoms. The standard InChI is InChI=1S/C27H42N2O2/c1-4-5-6-7-8-17-29-18-15-23(26(20-29)21(2)30)11-9-10-22-14-16-28-27-13-12-24(31-3)19-25(22)27/h12-14,16,19,21,23,26,30H,4-11,15,17-18,20H2,1-3H3/t21-,23-,26-/m1/s1. The van der Waals surface area contributed by atoms with Gasteiger partial charge in [0.1, 0.15) is 5.75 Å². The molecule has 2 heterocycles. The third-order valence-electron chi connectivity index (χ3n) is 7.15. The number of aryl methyl sites for hydroxylation is 1. The van der Waals surface area contributed by atoms with Gasteiger partial charge in [-0.15, -0.1) is 0 Å². The summed E-state index contributed by atoms with van der Waals surface area (Å²) in [6.07, 6.45) is 13.0. The Bertz CT molecular complexity index is 792. The van der Waals surface area contributed by atoms with Gasteiger partial charge < -0.3 is 14.7 Å². The summed E-state index contributed by atoms with van der Waals surface area (Å²) in [7, 11) is 1.71. The van der Waals surface area contributed by atoms with Crippen LogP contribution >= 0.6 is 0 Å². The van der Waals surface area contributed by atoms with Gasteiger partial charge in [0.05, 0.1) is 18.7 Å². The second-order valence-corrected chi connectivity index (χ2v) is 9.41. The number of aromatic nitrogens is 1. The molecule has 1 fully saturated rings. The van der Waals surface area contributed by atoms with Gasteiger partial charge in [-0.1, -0.05) is 32.6 Å². The maximum Gasteiger partial charge on any atom is 0.119 e. The Hall–Kier alpha value is -1.65. The van der Waals surface area contributed by atoms with Gasteiger partial charge in [0.2, 0.25) is 0 Å².